The van der Waals surface area contributed by atoms with E-state index in [1.54, 1.807) is 55.5 Å². The van der Waals surface area contributed by atoms with Gasteiger partial charge in [-0.05, 0) is 24.1 Å². The normalized spacial score (nSPS) is 11.8. The van der Waals surface area contributed by atoms with E-state index in [4.69, 9.17) is 26.1 Å². The minimum Gasteiger partial charge on any atom is -0.382 e. The van der Waals surface area contributed by atoms with Crippen molar-refractivity contribution in [1.82, 2.24) is 0 Å². The molecule has 2 rings (SSSR count). The van der Waals surface area contributed by atoms with Gasteiger partial charge in [0.25, 0.3) is 0 Å². The summed E-state index contributed by atoms with van der Waals surface area (Å²) in [6.45, 7) is 2.10. The van der Waals surface area contributed by atoms with Crippen LogP contribution in [-0.4, -0.2) is 32.1 Å². The number of ether oxygens (including phenoxy) is 1. The number of hydrogen-bond donors (Lipinski definition) is 0. The van der Waals surface area contributed by atoms with Crippen LogP contribution in [0.2, 0.25) is 5.02 Å². The molecular formula is C19H19ClO5. The van der Waals surface area contributed by atoms with Crippen molar-refractivity contribution in [2.24, 2.45) is 0 Å². The molecule has 0 amide bonds. The molecule has 0 aromatic heterocycles. The van der Waals surface area contributed by atoms with Gasteiger partial charge in [0.05, 0.1) is 11.6 Å². The van der Waals surface area contributed by atoms with Crippen molar-refractivity contribution < 1.29 is 24.1 Å². The second-order valence-corrected chi connectivity index (χ2v) is 5.76. The standard InChI is InChI=1S/C19H19ClO5/c1-13-7-6-10-15(20)16(13)18(21)17(14-8-4-3-5-9-14)19(22)25-24-12-11-23-2/h3-10,17H,11-12H2,1-2H3. The van der Waals surface area contributed by atoms with Crippen LogP contribution < -0.4 is 0 Å². The maximum Gasteiger partial charge on any atom is 0.357 e. The Bertz CT molecular complexity index is 710. The Morgan fingerprint density at radius 3 is 2.40 bits per heavy atom. The summed E-state index contributed by atoms with van der Waals surface area (Å²) in [6.07, 6.45) is 0. The molecule has 1 unspecified atom stereocenters. The van der Waals surface area contributed by atoms with Crippen LogP contribution in [0.15, 0.2) is 48.5 Å². The number of carbonyl (C=O) groups is 2. The van der Waals surface area contributed by atoms with E-state index in [-0.39, 0.29) is 13.2 Å². The molecule has 2 aromatic rings. The van der Waals surface area contributed by atoms with E-state index >= 15 is 0 Å². The number of methoxy groups -OCH3 is 1. The number of hydrogen-bond acceptors (Lipinski definition) is 5. The van der Waals surface area contributed by atoms with Gasteiger partial charge in [-0.1, -0.05) is 54.1 Å². The van der Waals surface area contributed by atoms with Crippen LogP contribution in [0.5, 0.6) is 0 Å². The first-order valence-electron chi connectivity index (χ1n) is 7.72. The summed E-state index contributed by atoms with van der Waals surface area (Å²) in [5.41, 5.74) is 1.49. The highest BCUT2D eigenvalue weighted by Gasteiger charge is 2.33. The van der Waals surface area contributed by atoms with Crippen molar-refractivity contribution in [3.8, 4) is 0 Å². The van der Waals surface area contributed by atoms with Gasteiger partial charge >= 0.3 is 5.97 Å². The van der Waals surface area contributed by atoms with E-state index < -0.39 is 17.7 Å². The van der Waals surface area contributed by atoms with E-state index in [1.807, 2.05) is 0 Å². The number of rotatable bonds is 8. The highest BCUT2D eigenvalue weighted by Crippen LogP contribution is 2.28. The largest absolute Gasteiger partial charge is 0.382 e. The van der Waals surface area contributed by atoms with Crippen LogP contribution in [0.25, 0.3) is 0 Å². The molecule has 0 saturated carbocycles. The predicted molar refractivity (Wildman–Crippen MR) is 93.6 cm³/mol. The fourth-order valence-corrected chi connectivity index (χ4v) is 2.71. The fraction of sp³-hybridized carbons (Fsp3) is 0.263. The van der Waals surface area contributed by atoms with E-state index in [0.29, 0.717) is 21.7 Å². The van der Waals surface area contributed by atoms with Gasteiger partial charge in [-0.15, -0.1) is 0 Å². The third-order valence-corrected chi connectivity index (χ3v) is 3.93. The molecular weight excluding hydrogens is 344 g/mol. The minimum absolute atomic E-state index is 0.0725. The van der Waals surface area contributed by atoms with Crippen LogP contribution >= 0.6 is 11.6 Å². The lowest BCUT2D eigenvalue weighted by Gasteiger charge is -2.16. The minimum atomic E-state index is -1.16. The molecule has 0 saturated heterocycles. The second kappa shape index (κ2) is 9.32. The molecule has 5 nitrogen and oxygen atoms in total. The molecule has 0 aliphatic heterocycles. The lowest BCUT2D eigenvalue weighted by molar-refractivity contribution is -0.276. The van der Waals surface area contributed by atoms with Crippen molar-refractivity contribution >= 4 is 23.4 Å². The van der Waals surface area contributed by atoms with Gasteiger partial charge in [0.15, 0.2) is 5.78 Å². The zero-order chi connectivity index (χ0) is 18.2. The smallest absolute Gasteiger partial charge is 0.357 e. The molecule has 25 heavy (non-hydrogen) atoms. The monoisotopic (exact) mass is 362 g/mol. The lowest BCUT2D eigenvalue weighted by Crippen LogP contribution is -2.26. The number of ketones is 1. The second-order valence-electron chi connectivity index (χ2n) is 5.36. The molecule has 0 bridgehead atoms. The van der Waals surface area contributed by atoms with Gasteiger partial charge in [0.1, 0.15) is 12.5 Å². The van der Waals surface area contributed by atoms with Crippen molar-refractivity contribution in [3.63, 3.8) is 0 Å². The summed E-state index contributed by atoms with van der Waals surface area (Å²) in [5, 5.41) is 0.291. The molecule has 1 atom stereocenters. The van der Waals surface area contributed by atoms with Gasteiger partial charge in [-0.3, -0.25) is 9.68 Å². The number of Topliss-reactive ketones (excluding diaryl/α,β-unsaturated/α-hetero) is 1. The van der Waals surface area contributed by atoms with Crippen LogP contribution in [-0.2, 0) is 19.3 Å². The molecule has 0 N–H and O–H groups in total. The van der Waals surface area contributed by atoms with Crippen LogP contribution in [0.1, 0.15) is 27.4 Å². The molecule has 0 heterocycles. The van der Waals surface area contributed by atoms with Crippen molar-refractivity contribution in [2.45, 2.75) is 12.8 Å². The number of benzene rings is 2. The van der Waals surface area contributed by atoms with Gasteiger partial charge < -0.3 is 4.74 Å². The first-order chi connectivity index (χ1) is 12.1. The quantitative estimate of drug-likeness (QED) is 0.235. The first kappa shape index (κ1) is 19.1. The summed E-state index contributed by atoms with van der Waals surface area (Å²) in [6, 6.07) is 13.8. The number of carbonyl (C=O) groups excluding carboxylic acids is 2. The molecule has 0 aliphatic rings. The topological polar surface area (TPSA) is 61.8 Å². The van der Waals surface area contributed by atoms with E-state index in [1.165, 1.54) is 7.11 Å². The van der Waals surface area contributed by atoms with Crippen LogP contribution in [0, 0.1) is 6.92 Å². The SMILES string of the molecule is COCCOOC(=O)C(C(=O)c1c(C)cccc1Cl)c1ccccc1. The maximum atomic E-state index is 13.1. The third-order valence-electron chi connectivity index (χ3n) is 3.61. The highest BCUT2D eigenvalue weighted by molar-refractivity contribution is 6.35. The molecule has 0 aliphatic carbocycles. The van der Waals surface area contributed by atoms with Crippen molar-refractivity contribution in [1.29, 1.82) is 0 Å². The molecule has 0 spiro atoms. The Kier molecular flexibility index (Phi) is 7.13. The summed E-state index contributed by atoms with van der Waals surface area (Å²) in [7, 11) is 1.50. The van der Waals surface area contributed by atoms with Crippen LogP contribution in [0.3, 0.4) is 0 Å². The maximum absolute atomic E-state index is 13.1. The Balaban J connectivity index is 2.32. The Labute approximate surface area is 151 Å². The average molecular weight is 363 g/mol. The van der Waals surface area contributed by atoms with E-state index in [2.05, 4.69) is 0 Å². The van der Waals surface area contributed by atoms with Gasteiger partial charge in [0.2, 0.25) is 0 Å². The zero-order valence-corrected chi connectivity index (χ0v) is 14.8. The van der Waals surface area contributed by atoms with Crippen molar-refractivity contribution in [3.05, 3.63) is 70.2 Å². The zero-order valence-electron chi connectivity index (χ0n) is 14.0. The molecule has 2 aromatic carbocycles. The summed E-state index contributed by atoms with van der Waals surface area (Å²) >= 11 is 6.19. The fourth-order valence-electron chi connectivity index (χ4n) is 2.39. The average Bonchev–Trinajstić information content (AvgIpc) is 2.60. The molecule has 6 heteroatoms. The van der Waals surface area contributed by atoms with Gasteiger partial charge in [0, 0.05) is 12.7 Å². The van der Waals surface area contributed by atoms with Crippen LogP contribution in [0.4, 0.5) is 0 Å². The summed E-state index contributed by atoms with van der Waals surface area (Å²) in [5.74, 6) is -2.40. The predicted octanol–water partition coefficient (Wildman–Crippen LogP) is 3.74. The van der Waals surface area contributed by atoms with Gasteiger partial charge in [-0.25, -0.2) is 4.79 Å². The number of halogens is 1. The van der Waals surface area contributed by atoms with Crippen molar-refractivity contribution in [2.75, 3.05) is 20.3 Å². The Morgan fingerprint density at radius 1 is 1.04 bits per heavy atom. The van der Waals surface area contributed by atoms with E-state index in [9.17, 15) is 9.59 Å². The highest BCUT2D eigenvalue weighted by atomic mass is 35.5. The summed E-state index contributed by atoms with van der Waals surface area (Å²) in [4.78, 5) is 35.2. The Morgan fingerprint density at radius 2 is 1.76 bits per heavy atom. The van der Waals surface area contributed by atoms with E-state index in [0.717, 1.165) is 0 Å². The molecule has 0 fully saturated rings. The molecule has 0 radical (unpaired) electrons. The first-order valence-corrected chi connectivity index (χ1v) is 8.10. The lowest BCUT2D eigenvalue weighted by atomic mass is 9.89. The van der Waals surface area contributed by atoms with Gasteiger partial charge in [-0.2, -0.15) is 4.89 Å². The summed E-state index contributed by atoms with van der Waals surface area (Å²) < 4.78 is 4.82. The Hall–Kier alpha value is -2.21. The third kappa shape index (κ3) is 4.89. The number of aryl methyl sites for hydroxylation is 1. The molecule has 132 valence electrons.